The molecule has 1 aliphatic rings. The zero-order valence-electron chi connectivity index (χ0n) is 9.68. The minimum absolute atomic E-state index is 0.594. The summed E-state index contributed by atoms with van der Waals surface area (Å²) >= 11 is 0. The monoisotopic (exact) mass is 237 g/mol. The van der Waals surface area contributed by atoms with Gasteiger partial charge >= 0.3 is 0 Å². The van der Waals surface area contributed by atoms with Crippen LogP contribution in [0, 0.1) is 11.3 Å². The molecule has 18 heavy (non-hydrogen) atoms. The number of nitrogens with one attached hydrogen (secondary N) is 1. The predicted molar refractivity (Wildman–Crippen MR) is 67.2 cm³/mol. The smallest absolute Gasteiger partial charge is 0.131 e. The number of aromatic nitrogens is 1. The van der Waals surface area contributed by atoms with Crippen molar-refractivity contribution in [1.82, 2.24) is 4.98 Å². The van der Waals surface area contributed by atoms with E-state index in [2.05, 4.69) is 28.5 Å². The van der Waals surface area contributed by atoms with Crippen LogP contribution in [-0.2, 0) is 18.0 Å². The Morgan fingerprint density at radius 3 is 2.94 bits per heavy atom. The summed E-state index contributed by atoms with van der Waals surface area (Å²) in [6.45, 7) is 1.36. The molecule has 2 heterocycles. The molecule has 1 N–H and O–H groups in total. The summed E-state index contributed by atoms with van der Waals surface area (Å²) in [5, 5.41) is 12.0. The normalized spacial score (nSPS) is 12.8. The quantitative estimate of drug-likeness (QED) is 0.872. The number of ether oxygens (including phenoxy) is 1. The predicted octanol–water partition coefficient (Wildman–Crippen LogP) is 2.73. The molecular formula is C14H11N3O. The number of hydrogen-bond acceptors (Lipinski definition) is 4. The third-order valence-electron chi connectivity index (χ3n) is 2.88. The first kappa shape index (κ1) is 10.8. The fourth-order valence-corrected chi connectivity index (χ4v) is 1.97. The van der Waals surface area contributed by atoms with Crippen LogP contribution in [0.4, 0.5) is 11.5 Å². The molecular weight excluding hydrogens is 226 g/mol. The van der Waals surface area contributed by atoms with E-state index in [1.807, 2.05) is 6.07 Å². The minimum Gasteiger partial charge on any atom is -0.372 e. The van der Waals surface area contributed by atoms with Gasteiger partial charge in [-0.3, -0.25) is 0 Å². The summed E-state index contributed by atoms with van der Waals surface area (Å²) in [7, 11) is 0. The molecule has 2 aromatic rings. The Bertz CT molecular complexity index is 631. The van der Waals surface area contributed by atoms with Gasteiger partial charge in [-0.2, -0.15) is 5.26 Å². The van der Waals surface area contributed by atoms with E-state index in [1.54, 1.807) is 18.3 Å². The van der Waals surface area contributed by atoms with Crippen molar-refractivity contribution < 1.29 is 4.74 Å². The lowest BCUT2D eigenvalue weighted by atomic mass is 10.1. The highest BCUT2D eigenvalue weighted by atomic mass is 16.5. The largest absolute Gasteiger partial charge is 0.372 e. The van der Waals surface area contributed by atoms with Gasteiger partial charge in [-0.15, -0.1) is 0 Å². The van der Waals surface area contributed by atoms with E-state index in [4.69, 9.17) is 10.00 Å². The highest BCUT2D eigenvalue weighted by Gasteiger charge is 2.11. The second-order valence-electron chi connectivity index (χ2n) is 4.14. The zero-order valence-corrected chi connectivity index (χ0v) is 9.68. The number of rotatable bonds is 2. The molecule has 0 unspecified atom stereocenters. The molecule has 0 saturated heterocycles. The zero-order chi connectivity index (χ0) is 12.4. The van der Waals surface area contributed by atoms with Gasteiger partial charge < -0.3 is 10.1 Å². The summed E-state index contributed by atoms with van der Waals surface area (Å²) in [6, 6.07) is 11.6. The van der Waals surface area contributed by atoms with E-state index in [0.29, 0.717) is 24.6 Å². The fraction of sp³-hybridized carbons (Fsp3) is 0.143. The summed E-state index contributed by atoms with van der Waals surface area (Å²) in [4.78, 5) is 4.18. The lowest BCUT2D eigenvalue weighted by molar-refractivity contribution is 0.134. The highest BCUT2D eigenvalue weighted by molar-refractivity contribution is 5.59. The Balaban J connectivity index is 1.86. The van der Waals surface area contributed by atoms with Crippen molar-refractivity contribution in [3.8, 4) is 6.07 Å². The molecule has 4 nitrogen and oxygen atoms in total. The maximum atomic E-state index is 8.83. The Hall–Kier alpha value is -2.38. The van der Waals surface area contributed by atoms with Crippen molar-refractivity contribution in [3.05, 3.63) is 53.2 Å². The topological polar surface area (TPSA) is 57.9 Å². The number of nitrogens with zero attached hydrogens (tertiary/aromatic N) is 2. The molecule has 0 bridgehead atoms. The maximum Gasteiger partial charge on any atom is 0.131 e. The van der Waals surface area contributed by atoms with Gasteiger partial charge in [0.05, 0.1) is 24.8 Å². The molecule has 1 aromatic heterocycles. The van der Waals surface area contributed by atoms with Gasteiger partial charge in [0.1, 0.15) is 5.82 Å². The van der Waals surface area contributed by atoms with Crippen LogP contribution >= 0.6 is 0 Å². The first-order chi connectivity index (χ1) is 8.85. The minimum atomic E-state index is 0.594. The molecule has 0 saturated carbocycles. The van der Waals surface area contributed by atoms with Crippen molar-refractivity contribution in [2.45, 2.75) is 13.2 Å². The van der Waals surface area contributed by atoms with E-state index >= 15 is 0 Å². The van der Waals surface area contributed by atoms with Crippen LogP contribution in [0.25, 0.3) is 0 Å². The molecule has 0 amide bonds. The Kier molecular flexibility index (Phi) is 2.67. The van der Waals surface area contributed by atoms with Crippen LogP contribution in [0.3, 0.4) is 0 Å². The molecule has 1 aliphatic heterocycles. The van der Waals surface area contributed by atoms with E-state index in [9.17, 15) is 0 Å². The van der Waals surface area contributed by atoms with E-state index < -0.39 is 0 Å². The molecule has 88 valence electrons. The van der Waals surface area contributed by atoms with Gasteiger partial charge in [0, 0.05) is 11.9 Å². The molecule has 0 radical (unpaired) electrons. The third-order valence-corrected chi connectivity index (χ3v) is 2.88. The summed E-state index contributed by atoms with van der Waals surface area (Å²) in [5.74, 6) is 0.674. The summed E-state index contributed by atoms with van der Waals surface area (Å²) < 4.78 is 5.37. The van der Waals surface area contributed by atoms with Crippen LogP contribution in [-0.4, -0.2) is 4.98 Å². The average molecular weight is 237 g/mol. The highest BCUT2D eigenvalue weighted by Crippen LogP contribution is 2.24. The molecule has 3 rings (SSSR count). The summed E-state index contributed by atoms with van der Waals surface area (Å²) in [5.41, 5.74) is 3.99. The molecule has 0 atom stereocenters. The van der Waals surface area contributed by atoms with Crippen LogP contribution in [0.15, 0.2) is 36.5 Å². The van der Waals surface area contributed by atoms with Crippen LogP contribution in [0.1, 0.15) is 16.7 Å². The van der Waals surface area contributed by atoms with Crippen LogP contribution < -0.4 is 5.32 Å². The van der Waals surface area contributed by atoms with Gasteiger partial charge in [0.2, 0.25) is 0 Å². The lowest BCUT2D eigenvalue weighted by Gasteiger charge is -2.07. The number of fused-ring (bicyclic) bond motifs is 1. The Morgan fingerprint density at radius 2 is 2.06 bits per heavy atom. The van der Waals surface area contributed by atoms with Crippen molar-refractivity contribution in [2.24, 2.45) is 0 Å². The first-order valence-electron chi connectivity index (χ1n) is 5.68. The van der Waals surface area contributed by atoms with Gasteiger partial charge in [-0.1, -0.05) is 6.07 Å². The second kappa shape index (κ2) is 4.47. The second-order valence-corrected chi connectivity index (χ2v) is 4.14. The molecule has 1 aromatic carbocycles. The fourth-order valence-electron chi connectivity index (χ4n) is 1.97. The van der Waals surface area contributed by atoms with Gasteiger partial charge in [-0.25, -0.2) is 4.98 Å². The van der Waals surface area contributed by atoms with Crippen molar-refractivity contribution in [1.29, 1.82) is 5.26 Å². The van der Waals surface area contributed by atoms with Crippen molar-refractivity contribution in [2.75, 3.05) is 5.32 Å². The van der Waals surface area contributed by atoms with E-state index in [1.165, 1.54) is 11.1 Å². The number of pyridine rings is 1. The van der Waals surface area contributed by atoms with E-state index in [-0.39, 0.29) is 0 Å². The lowest BCUT2D eigenvalue weighted by Crippen LogP contribution is -1.95. The Morgan fingerprint density at radius 1 is 1.17 bits per heavy atom. The van der Waals surface area contributed by atoms with Crippen molar-refractivity contribution >= 4 is 11.5 Å². The van der Waals surface area contributed by atoms with Gasteiger partial charge in [-0.05, 0) is 35.4 Å². The molecule has 0 spiro atoms. The SMILES string of the molecule is N#Cc1ccnc(Nc2ccc3c(c2)COC3)c1. The number of anilines is 2. The number of nitriles is 1. The molecule has 0 aliphatic carbocycles. The van der Waals surface area contributed by atoms with Gasteiger partial charge in [0.15, 0.2) is 0 Å². The average Bonchev–Trinajstić information content (AvgIpc) is 2.86. The van der Waals surface area contributed by atoms with Crippen LogP contribution in [0.5, 0.6) is 0 Å². The maximum absolute atomic E-state index is 8.83. The molecule has 4 heteroatoms. The van der Waals surface area contributed by atoms with E-state index in [0.717, 1.165) is 5.69 Å². The third kappa shape index (κ3) is 2.04. The summed E-state index contributed by atoms with van der Waals surface area (Å²) in [6.07, 6.45) is 1.62. The van der Waals surface area contributed by atoms with Gasteiger partial charge in [0.25, 0.3) is 0 Å². The Labute approximate surface area is 105 Å². The van der Waals surface area contributed by atoms with Crippen LogP contribution in [0.2, 0.25) is 0 Å². The standard InChI is InChI=1S/C14H11N3O/c15-7-10-3-4-16-14(5-10)17-13-2-1-11-8-18-9-12(11)6-13/h1-6H,8-9H2,(H,16,17). The number of hydrogen-bond donors (Lipinski definition) is 1. The number of benzene rings is 1. The molecule has 0 fully saturated rings. The first-order valence-corrected chi connectivity index (χ1v) is 5.68. The van der Waals surface area contributed by atoms with Crippen molar-refractivity contribution in [3.63, 3.8) is 0 Å².